The molecule has 1 aliphatic heterocycles. The Kier molecular flexibility index (Phi) is 6.11. The molecule has 25 heavy (non-hydrogen) atoms. The zero-order chi connectivity index (χ0) is 18.7. The van der Waals surface area contributed by atoms with Crippen molar-refractivity contribution >= 4 is 27.9 Å². The fraction of sp³-hybridized carbons (Fsp3) is 0.444. The number of nitrogens with one attached hydrogen (secondary N) is 2. The van der Waals surface area contributed by atoms with Gasteiger partial charge in [-0.2, -0.15) is 0 Å². The van der Waals surface area contributed by atoms with E-state index in [9.17, 15) is 9.59 Å². The van der Waals surface area contributed by atoms with Crippen molar-refractivity contribution in [3.8, 4) is 5.75 Å². The third-order valence-corrected chi connectivity index (χ3v) is 4.10. The molecule has 136 valence electrons. The molecule has 7 heteroatoms. The van der Waals surface area contributed by atoms with E-state index in [4.69, 9.17) is 9.47 Å². The van der Waals surface area contributed by atoms with Gasteiger partial charge in [-0.25, -0.2) is 9.59 Å². The van der Waals surface area contributed by atoms with Crippen molar-refractivity contribution in [3.05, 3.63) is 39.5 Å². The van der Waals surface area contributed by atoms with Gasteiger partial charge >= 0.3 is 12.0 Å². The predicted molar refractivity (Wildman–Crippen MR) is 98.2 cm³/mol. The van der Waals surface area contributed by atoms with E-state index in [1.807, 2.05) is 32.0 Å². The quantitative estimate of drug-likeness (QED) is 0.723. The van der Waals surface area contributed by atoms with Crippen LogP contribution < -0.4 is 15.4 Å². The SMILES string of the molecule is CC1=C(C(=O)OC(C)C)C(c2ccc(OC(C)C)c(Br)c2)NC(=O)N1. The summed E-state index contributed by atoms with van der Waals surface area (Å²) in [6, 6.07) is 4.53. The highest BCUT2D eigenvalue weighted by Gasteiger charge is 2.32. The lowest BCUT2D eigenvalue weighted by Crippen LogP contribution is -2.45. The monoisotopic (exact) mass is 410 g/mol. The summed E-state index contributed by atoms with van der Waals surface area (Å²) in [4.78, 5) is 24.4. The van der Waals surface area contributed by atoms with Crippen LogP contribution in [0.25, 0.3) is 0 Å². The summed E-state index contributed by atoms with van der Waals surface area (Å²) < 4.78 is 11.8. The number of ether oxygens (including phenoxy) is 2. The van der Waals surface area contributed by atoms with Crippen molar-refractivity contribution in [2.24, 2.45) is 0 Å². The maximum atomic E-state index is 12.5. The third-order valence-electron chi connectivity index (χ3n) is 3.48. The molecule has 0 fully saturated rings. The summed E-state index contributed by atoms with van der Waals surface area (Å²) in [5.74, 6) is 0.245. The molecule has 0 saturated carbocycles. The van der Waals surface area contributed by atoms with E-state index in [1.54, 1.807) is 20.8 Å². The molecule has 0 aliphatic carbocycles. The predicted octanol–water partition coefficient (Wildman–Crippen LogP) is 3.82. The second kappa shape index (κ2) is 7.91. The van der Waals surface area contributed by atoms with Gasteiger partial charge in [0.25, 0.3) is 0 Å². The Morgan fingerprint density at radius 3 is 2.44 bits per heavy atom. The number of allylic oxidation sites excluding steroid dienone is 1. The Morgan fingerprint density at radius 1 is 1.20 bits per heavy atom. The molecular weight excluding hydrogens is 388 g/mol. The Balaban J connectivity index is 2.40. The van der Waals surface area contributed by atoms with Crippen LogP contribution in [-0.4, -0.2) is 24.2 Å². The lowest BCUT2D eigenvalue weighted by atomic mass is 9.95. The van der Waals surface area contributed by atoms with Crippen LogP contribution >= 0.6 is 15.9 Å². The lowest BCUT2D eigenvalue weighted by molar-refractivity contribution is -0.143. The smallest absolute Gasteiger partial charge is 0.338 e. The van der Waals surface area contributed by atoms with Crippen LogP contribution in [-0.2, 0) is 9.53 Å². The van der Waals surface area contributed by atoms with Gasteiger partial charge in [-0.15, -0.1) is 0 Å². The summed E-state index contributed by atoms with van der Waals surface area (Å²) >= 11 is 3.48. The molecule has 0 saturated heterocycles. The standard InChI is InChI=1S/C18H23BrN2O4/c1-9(2)24-14-7-6-12(8-13(14)19)16-15(17(22)25-10(3)4)11(5)20-18(23)21-16/h6-10,16H,1-5H3,(H2,20,21,23). The van der Waals surface area contributed by atoms with Crippen molar-refractivity contribution in [1.82, 2.24) is 10.6 Å². The van der Waals surface area contributed by atoms with Gasteiger partial charge in [0.2, 0.25) is 0 Å². The van der Waals surface area contributed by atoms with Crippen LogP contribution in [0.1, 0.15) is 46.2 Å². The minimum atomic E-state index is -0.593. The van der Waals surface area contributed by atoms with Crippen molar-refractivity contribution < 1.29 is 19.1 Å². The van der Waals surface area contributed by atoms with Gasteiger partial charge in [0.05, 0.1) is 28.3 Å². The summed E-state index contributed by atoms with van der Waals surface area (Å²) in [6.07, 6.45) is -0.209. The Morgan fingerprint density at radius 2 is 1.88 bits per heavy atom. The fourth-order valence-electron chi connectivity index (χ4n) is 2.54. The van der Waals surface area contributed by atoms with Crippen LogP contribution in [0.2, 0.25) is 0 Å². The lowest BCUT2D eigenvalue weighted by Gasteiger charge is -2.29. The zero-order valence-corrected chi connectivity index (χ0v) is 16.6. The molecule has 2 rings (SSSR count). The number of carbonyl (C=O) groups is 2. The van der Waals surface area contributed by atoms with Gasteiger partial charge in [-0.1, -0.05) is 6.07 Å². The van der Waals surface area contributed by atoms with Crippen LogP contribution in [0, 0.1) is 0 Å². The topological polar surface area (TPSA) is 76.7 Å². The van der Waals surface area contributed by atoms with Crippen LogP contribution in [0.5, 0.6) is 5.75 Å². The summed E-state index contributed by atoms with van der Waals surface area (Å²) in [5, 5.41) is 5.41. The first-order valence-corrected chi connectivity index (χ1v) is 8.93. The molecule has 1 aromatic rings. The van der Waals surface area contributed by atoms with E-state index in [1.165, 1.54) is 0 Å². The van der Waals surface area contributed by atoms with Crippen LogP contribution in [0.4, 0.5) is 4.79 Å². The average molecular weight is 411 g/mol. The molecular formula is C18H23BrN2O4. The van der Waals surface area contributed by atoms with Gasteiger partial charge in [-0.05, 0) is 68.2 Å². The molecule has 0 aromatic heterocycles. The number of benzene rings is 1. The second-order valence-corrected chi connectivity index (χ2v) is 7.24. The first kappa shape index (κ1) is 19.3. The van der Waals surface area contributed by atoms with Crippen molar-refractivity contribution in [2.75, 3.05) is 0 Å². The van der Waals surface area contributed by atoms with Crippen molar-refractivity contribution in [2.45, 2.75) is 52.9 Å². The number of carbonyl (C=O) groups excluding carboxylic acids is 2. The van der Waals surface area contributed by atoms with E-state index in [-0.39, 0.29) is 18.2 Å². The summed E-state index contributed by atoms with van der Waals surface area (Å²) in [5.41, 5.74) is 1.63. The average Bonchev–Trinajstić information content (AvgIpc) is 2.47. The fourth-order valence-corrected chi connectivity index (χ4v) is 3.03. The highest BCUT2D eigenvalue weighted by molar-refractivity contribution is 9.10. The molecule has 1 heterocycles. The Bertz CT molecular complexity index is 713. The molecule has 0 bridgehead atoms. The number of rotatable bonds is 5. The molecule has 1 aromatic carbocycles. The third kappa shape index (κ3) is 4.75. The number of hydrogen-bond donors (Lipinski definition) is 2. The molecule has 0 spiro atoms. The minimum absolute atomic E-state index is 0.0412. The number of hydrogen-bond acceptors (Lipinski definition) is 4. The molecule has 2 N–H and O–H groups in total. The first-order chi connectivity index (χ1) is 11.7. The number of halogens is 1. The first-order valence-electron chi connectivity index (χ1n) is 8.14. The molecule has 0 radical (unpaired) electrons. The van der Waals surface area contributed by atoms with Gasteiger partial charge in [-0.3, -0.25) is 0 Å². The summed E-state index contributed by atoms with van der Waals surface area (Å²) in [7, 11) is 0. The van der Waals surface area contributed by atoms with Gasteiger partial charge in [0.15, 0.2) is 0 Å². The van der Waals surface area contributed by atoms with Gasteiger partial charge in [0.1, 0.15) is 5.75 Å². The van der Waals surface area contributed by atoms with E-state index < -0.39 is 12.0 Å². The molecule has 6 nitrogen and oxygen atoms in total. The Labute approximate surface area is 156 Å². The van der Waals surface area contributed by atoms with E-state index >= 15 is 0 Å². The largest absolute Gasteiger partial charge is 0.490 e. The number of amides is 2. The summed E-state index contributed by atoms with van der Waals surface area (Å²) in [6.45, 7) is 9.14. The van der Waals surface area contributed by atoms with E-state index in [0.29, 0.717) is 17.0 Å². The Hall–Kier alpha value is -2.02. The normalized spacial score (nSPS) is 17.4. The highest BCUT2D eigenvalue weighted by atomic mass is 79.9. The number of esters is 1. The maximum absolute atomic E-state index is 12.5. The van der Waals surface area contributed by atoms with Crippen LogP contribution in [0.15, 0.2) is 33.9 Å². The molecule has 2 amide bonds. The molecule has 1 aliphatic rings. The van der Waals surface area contributed by atoms with E-state index in [0.717, 1.165) is 10.0 Å². The highest BCUT2D eigenvalue weighted by Crippen LogP contribution is 2.33. The van der Waals surface area contributed by atoms with Crippen molar-refractivity contribution in [3.63, 3.8) is 0 Å². The van der Waals surface area contributed by atoms with Crippen LogP contribution in [0.3, 0.4) is 0 Å². The molecule has 1 unspecified atom stereocenters. The van der Waals surface area contributed by atoms with Gasteiger partial charge < -0.3 is 20.1 Å². The van der Waals surface area contributed by atoms with E-state index in [2.05, 4.69) is 26.6 Å². The second-order valence-electron chi connectivity index (χ2n) is 6.38. The maximum Gasteiger partial charge on any atom is 0.338 e. The zero-order valence-electron chi connectivity index (χ0n) is 15.0. The van der Waals surface area contributed by atoms with Gasteiger partial charge in [0, 0.05) is 5.70 Å². The minimum Gasteiger partial charge on any atom is -0.490 e. The number of urea groups is 1. The van der Waals surface area contributed by atoms with Crippen molar-refractivity contribution in [1.29, 1.82) is 0 Å². The molecule has 1 atom stereocenters.